The van der Waals surface area contributed by atoms with Crippen LogP contribution in [0.25, 0.3) is 20.5 Å². The SMILES string of the molecule is CN(C)C(=O)Oc1ccc2c(C(=O)c3ccc(OCCN4CCCCC4)cc3)c(-c3ccccc3)sc2c1. The number of amides is 1. The fourth-order valence-electron chi connectivity index (χ4n) is 4.67. The molecule has 1 amide bonds. The quantitative estimate of drug-likeness (QED) is 0.238. The molecule has 5 rings (SSSR count). The highest BCUT2D eigenvalue weighted by Gasteiger charge is 2.22. The fraction of sp³-hybridized carbons (Fsp3) is 0.290. The summed E-state index contributed by atoms with van der Waals surface area (Å²) in [6, 6.07) is 22.8. The third-order valence-corrected chi connectivity index (χ3v) is 7.94. The molecule has 196 valence electrons. The van der Waals surface area contributed by atoms with Gasteiger partial charge in [0.1, 0.15) is 18.1 Å². The predicted octanol–water partition coefficient (Wildman–Crippen LogP) is 6.72. The molecule has 0 radical (unpaired) electrons. The van der Waals surface area contributed by atoms with E-state index in [9.17, 15) is 9.59 Å². The van der Waals surface area contributed by atoms with Gasteiger partial charge < -0.3 is 14.4 Å². The van der Waals surface area contributed by atoms with Crippen LogP contribution in [0.3, 0.4) is 0 Å². The van der Waals surface area contributed by atoms with E-state index < -0.39 is 6.09 Å². The number of rotatable bonds is 8. The van der Waals surface area contributed by atoms with Crippen molar-refractivity contribution in [1.29, 1.82) is 0 Å². The topological polar surface area (TPSA) is 59.1 Å². The molecular formula is C31H32N2O4S. The second-order valence-electron chi connectivity index (χ2n) is 9.70. The van der Waals surface area contributed by atoms with E-state index in [1.54, 1.807) is 20.2 Å². The van der Waals surface area contributed by atoms with Crippen molar-refractivity contribution in [3.63, 3.8) is 0 Å². The number of carbonyl (C=O) groups is 2. The number of thiophene rings is 1. The maximum atomic E-state index is 13.9. The van der Waals surface area contributed by atoms with Crippen LogP contribution >= 0.6 is 11.3 Å². The van der Waals surface area contributed by atoms with Crippen LogP contribution in [0, 0.1) is 0 Å². The second-order valence-corrected chi connectivity index (χ2v) is 10.7. The van der Waals surface area contributed by atoms with Crippen molar-refractivity contribution in [3.05, 3.63) is 83.9 Å². The Balaban J connectivity index is 1.40. The minimum Gasteiger partial charge on any atom is -0.492 e. The van der Waals surface area contributed by atoms with Gasteiger partial charge in [0.05, 0.1) is 0 Å². The lowest BCUT2D eigenvalue weighted by Crippen LogP contribution is -2.33. The van der Waals surface area contributed by atoms with Gasteiger partial charge in [-0.25, -0.2) is 4.79 Å². The maximum absolute atomic E-state index is 13.9. The fourth-order valence-corrected chi connectivity index (χ4v) is 5.91. The average Bonchev–Trinajstić information content (AvgIpc) is 3.33. The van der Waals surface area contributed by atoms with Gasteiger partial charge in [0.2, 0.25) is 0 Å². The van der Waals surface area contributed by atoms with Crippen LogP contribution in [-0.2, 0) is 0 Å². The first-order valence-electron chi connectivity index (χ1n) is 13.0. The summed E-state index contributed by atoms with van der Waals surface area (Å²) in [5.41, 5.74) is 2.23. The van der Waals surface area contributed by atoms with Gasteiger partial charge >= 0.3 is 6.09 Å². The first kappa shape index (κ1) is 25.9. The van der Waals surface area contributed by atoms with Crippen LogP contribution in [-0.4, -0.2) is 62.0 Å². The zero-order valence-corrected chi connectivity index (χ0v) is 22.6. The molecule has 0 N–H and O–H groups in total. The van der Waals surface area contributed by atoms with E-state index >= 15 is 0 Å². The standard InChI is InChI=1S/C31H32N2O4S/c1-32(2)31(35)37-25-15-16-26-27(21-25)38-30(23-9-5-3-6-10-23)28(26)29(34)22-11-13-24(14-12-22)36-20-19-33-17-7-4-8-18-33/h3,5-6,9-16,21H,4,7-8,17-20H2,1-2H3. The number of piperidine rings is 1. The largest absolute Gasteiger partial charge is 0.492 e. The van der Waals surface area contributed by atoms with E-state index in [0.29, 0.717) is 23.5 Å². The van der Waals surface area contributed by atoms with Crippen molar-refractivity contribution in [2.24, 2.45) is 0 Å². The van der Waals surface area contributed by atoms with Crippen LogP contribution in [0.4, 0.5) is 4.79 Å². The maximum Gasteiger partial charge on any atom is 0.414 e. The number of fused-ring (bicyclic) bond motifs is 1. The third-order valence-electron chi connectivity index (χ3n) is 6.74. The number of nitrogens with zero attached hydrogens (tertiary/aromatic N) is 2. The van der Waals surface area contributed by atoms with Gasteiger partial charge in [0.25, 0.3) is 0 Å². The van der Waals surface area contributed by atoms with Gasteiger partial charge in [-0.05, 0) is 74.0 Å². The predicted molar refractivity (Wildman–Crippen MR) is 153 cm³/mol. The molecule has 3 aromatic carbocycles. The molecule has 0 spiro atoms. The van der Waals surface area contributed by atoms with Crippen LogP contribution < -0.4 is 9.47 Å². The Hall–Kier alpha value is -3.68. The minimum absolute atomic E-state index is 0.0481. The molecule has 1 fully saturated rings. The summed E-state index contributed by atoms with van der Waals surface area (Å²) in [6.07, 6.45) is 3.41. The van der Waals surface area contributed by atoms with E-state index in [2.05, 4.69) is 4.90 Å². The Morgan fingerprint density at radius 1 is 0.895 bits per heavy atom. The summed E-state index contributed by atoms with van der Waals surface area (Å²) in [7, 11) is 3.28. The summed E-state index contributed by atoms with van der Waals surface area (Å²) in [5, 5.41) is 0.838. The van der Waals surface area contributed by atoms with Crippen LogP contribution in [0.15, 0.2) is 72.8 Å². The number of benzene rings is 3. The molecule has 2 heterocycles. The molecule has 1 aliphatic rings. The number of hydrogen-bond donors (Lipinski definition) is 0. The van der Waals surface area contributed by atoms with Gasteiger partial charge in [-0.15, -0.1) is 11.3 Å². The number of ether oxygens (including phenoxy) is 2. The Morgan fingerprint density at radius 2 is 1.61 bits per heavy atom. The van der Waals surface area contributed by atoms with Crippen LogP contribution in [0.5, 0.6) is 11.5 Å². The summed E-state index contributed by atoms with van der Waals surface area (Å²) in [6.45, 7) is 3.86. The molecule has 1 saturated heterocycles. The van der Waals surface area contributed by atoms with Crippen molar-refractivity contribution in [1.82, 2.24) is 9.80 Å². The van der Waals surface area contributed by atoms with Crippen molar-refractivity contribution >= 4 is 33.3 Å². The molecule has 4 aromatic rings. The number of carbonyl (C=O) groups excluding carboxylic acids is 2. The highest BCUT2D eigenvalue weighted by atomic mass is 32.1. The van der Waals surface area contributed by atoms with Gasteiger partial charge in [-0.1, -0.05) is 36.8 Å². The van der Waals surface area contributed by atoms with E-state index in [1.165, 1.54) is 35.5 Å². The monoisotopic (exact) mass is 528 g/mol. The van der Waals surface area contributed by atoms with Gasteiger partial charge in [0.15, 0.2) is 5.78 Å². The van der Waals surface area contributed by atoms with E-state index in [0.717, 1.165) is 45.9 Å². The van der Waals surface area contributed by atoms with Gasteiger partial charge in [-0.3, -0.25) is 9.69 Å². The van der Waals surface area contributed by atoms with Crippen LogP contribution in [0.2, 0.25) is 0 Å². The highest BCUT2D eigenvalue weighted by molar-refractivity contribution is 7.22. The molecule has 6 nitrogen and oxygen atoms in total. The first-order valence-corrected chi connectivity index (χ1v) is 13.8. The Morgan fingerprint density at radius 3 is 2.32 bits per heavy atom. The lowest BCUT2D eigenvalue weighted by molar-refractivity contribution is 0.104. The van der Waals surface area contributed by atoms with Crippen molar-refractivity contribution in [2.75, 3.05) is 40.3 Å². The van der Waals surface area contributed by atoms with Gasteiger partial charge in [0, 0.05) is 46.7 Å². The zero-order valence-electron chi connectivity index (χ0n) is 21.8. The van der Waals surface area contributed by atoms with E-state index in [-0.39, 0.29) is 5.78 Å². The number of likely N-dealkylation sites (tertiary alicyclic amines) is 1. The normalized spacial score (nSPS) is 13.8. The number of ketones is 1. The van der Waals surface area contributed by atoms with Crippen molar-refractivity contribution < 1.29 is 19.1 Å². The Labute approximate surface area is 227 Å². The lowest BCUT2D eigenvalue weighted by atomic mass is 9.97. The first-order chi connectivity index (χ1) is 18.5. The summed E-state index contributed by atoms with van der Waals surface area (Å²) >= 11 is 1.52. The molecule has 0 unspecified atom stereocenters. The molecular weight excluding hydrogens is 496 g/mol. The second kappa shape index (κ2) is 11.8. The molecule has 0 aliphatic carbocycles. The Kier molecular flexibility index (Phi) is 8.05. The molecule has 7 heteroatoms. The molecule has 0 atom stereocenters. The molecule has 1 aliphatic heterocycles. The van der Waals surface area contributed by atoms with E-state index in [4.69, 9.17) is 9.47 Å². The smallest absolute Gasteiger partial charge is 0.414 e. The summed E-state index contributed by atoms with van der Waals surface area (Å²) < 4.78 is 12.3. The van der Waals surface area contributed by atoms with Crippen molar-refractivity contribution in [2.45, 2.75) is 19.3 Å². The van der Waals surface area contributed by atoms with Gasteiger partial charge in [-0.2, -0.15) is 0 Å². The molecule has 38 heavy (non-hydrogen) atoms. The molecule has 0 saturated carbocycles. The Bertz CT molecular complexity index is 1410. The van der Waals surface area contributed by atoms with Crippen LogP contribution in [0.1, 0.15) is 35.2 Å². The minimum atomic E-state index is -0.446. The van der Waals surface area contributed by atoms with E-state index in [1.807, 2.05) is 66.7 Å². The molecule has 1 aromatic heterocycles. The van der Waals surface area contributed by atoms with Crippen molar-refractivity contribution in [3.8, 4) is 21.9 Å². The third kappa shape index (κ3) is 5.90. The lowest BCUT2D eigenvalue weighted by Gasteiger charge is -2.26. The number of hydrogen-bond acceptors (Lipinski definition) is 6. The molecule has 0 bridgehead atoms. The summed E-state index contributed by atoms with van der Waals surface area (Å²) in [4.78, 5) is 30.6. The highest BCUT2D eigenvalue weighted by Crippen LogP contribution is 2.41. The summed E-state index contributed by atoms with van der Waals surface area (Å²) in [5.74, 6) is 1.17. The average molecular weight is 529 g/mol. The zero-order chi connectivity index (χ0) is 26.5.